The van der Waals surface area contributed by atoms with Crippen LogP contribution in [0.25, 0.3) is 0 Å². The van der Waals surface area contributed by atoms with E-state index in [9.17, 15) is 4.79 Å². The van der Waals surface area contributed by atoms with Gasteiger partial charge >= 0.3 is 0 Å². The van der Waals surface area contributed by atoms with E-state index in [1.54, 1.807) is 18.3 Å². The number of carbonyl (C=O) groups excluding carboxylic acids is 1. The highest BCUT2D eigenvalue weighted by molar-refractivity contribution is 7.80. The molecule has 0 saturated heterocycles. The van der Waals surface area contributed by atoms with Gasteiger partial charge in [-0.1, -0.05) is 12.2 Å². The Labute approximate surface area is 99.2 Å². The van der Waals surface area contributed by atoms with Gasteiger partial charge < -0.3 is 16.8 Å². The van der Waals surface area contributed by atoms with E-state index < -0.39 is 0 Å². The molecule has 0 aliphatic heterocycles. The first-order valence-corrected chi connectivity index (χ1v) is 5.29. The van der Waals surface area contributed by atoms with Crippen molar-refractivity contribution in [2.75, 3.05) is 11.9 Å². The molecule has 1 heterocycles. The first-order chi connectivity index (χ1) is 7.61. The highest BCUT2D eigenvalue weighted by Gasteiger charge is 2.04. The third kappa shape index (κ3) is 3.82. The van der Waals surface area contributed by atoms with Crippen molar-refractivity contribution in [3.8, 4) is 0 Å². The van der Waals surface area contributed by atoms with Crippen LogP contribution in [0.4, 0.5) is 5.82 Å². The second-order valence-electron chi connectivity index (χ2n) is 3.26. The monoisotopic (exact) mass is 238 g/mol. The molecule has 0 aliphatic rings. The predicted octanol–water partition coefficient (Wildman–Crippen LogP) is 0.393. The van der Waals surface area contributed by atoms with Crippen LogP contribution < -0.4 is 16.8 Å². The summed E-state index contributed by atoms with van der Waals surface area (Å²) in [5.41, 5.74) is 11.3. The van der Waals surface area contributed by atoms with Crippen molar-refractivity contribution in [1.29, 1.82) is 0 Å². The van der Waals surface area contributed by atoms with E-state index in [1.807, 2.05) is 0 Å². The standard InChI is InChI=1S/C10H14N4OS/c11-8(15)4-2-6-14-10-7(9(12)16)3-1-5-13-10/h1,3,5H,2,4,6H2,(H2,11,15)(H2,12,16)(H,13,14). The van der Waals surface area contributed by atoms with Crippen molar-refractivity contribution >= 4 is 28.9 Å². The van der Waals surface area contributed by atoms with Crippen molar-refractivity contribution in [3.63, 3.8) is 0 Å². The summed E-state index contributed by atoms with van der Waals surface area (Å²) in [4.78, 5) is 14.9. The van der Waals surface area contributed by atoms with Gasteiger partial charge in [0.2, 0.25) is 5.91 Å². The average Bonchev–Trinajstić information content (AvgIpc) is 2.24. The maximum Gasteiger partial charge on any atom is 0.217 e. The van der Waals surface area contributed by atoms with E-state index >= 15 is 0 Å². The summed E-state index contributed by atoms with van der Waals surface area (Å²) in [6.45, 7) is 0.607. The number of pyridine rings is 1. The van der Waals surface area contributed by atoms with Crippen molar-refractivity contribution in [2.24, 2.45) is 11.5 Å². The van der Waals surface area contributed by atoms with Gasteiger partial charge in [-0.2, -0.15) is 0 Å². The molecule has 0 radical (unpaired) electrons. The number of carbonyl (C=O) groups is 1. The van der Waals surface area contributed by atoms with Crippen LogP contribution in [0, 0.1) is 0 Å². The number of hydrogen-bond donors (Lipinski definition) is 3. The minimum Gasteiger partial charge on any atom is -0.389 e. The van der Waals surface area contributed by atoms with Gasteiger partial charge in [0.15, 0.2) is 0 Å². The molecule has 0 bridgehead atoms. The summed E-state index contributed by atoms with van der Waals surface area (Å²) in [5.74, 6) is 0.330. The highest BCUT2D eigenvalue weighted by Crippen LogP contribution is 2.10. The van der Waals surface area contributed by atoms with Gasteiger partial charge in [0, 0.05) is 19.2 Å². The number of aromatic nitrogens is 1. The Balaban J connectivity index is 2.53. The molecule has 1 aromatic rings. The molecule has 0 aliphatic carbocycles. The summed E-state index contributed by atoms with van der Waals surface area (Å²) in [6, 6.07) is 3.56. The lowest BCUT2D eigenvalue weighted by atomic mass is 10.2. The fraction of sp³-hybridized carbons (Fsp3) is 0.300. The van der Waals surface area contributed by atoms with E-state index in [0.29, 0.717) is 35.8 Å². The Morgan fingerprint density at radius 1 is 1.50 bits per heavy atom. The fourth-order valence-electron chi connectivity index (χ4n) is 1.21. The van der Waals surface area contributed by atoms with Gasteiger partial charge in [0.05, 0.1) is 5.56 Å². The molecule has 5 nitrogen and oxygen atoms in total. The molecule has 16 heavy (non-hydrogen) atoms. The second kappa shape index (κ2) is 6.02. The molecule has 6 heteroatoms. The zero-order valence-electron chi connectivity index (χ0n) is 8.77. The first kappa shape index (κ1) is 12.4. The normalized spacial score (nSPS) is 9.75. The number of primary amides is 1. The Morgan fingerprint density at radius 3 is 2.88 bits per heavy atom. The quantitative estimate of drug-likeness (QED) is 0.492. The van der Waals surface area contributed by atoms with Crippen LogP contribution in [0.2, 0.25) is 0 Å². The first-order valence-electron chi connectivity index (χ1n) is 4.88. The Kier molecular flexibility index (Phi) is 4.65. The zero-order valence-corrected chi connectivity index (χ0v) is 9.59. The summed E-state index contributed by atoms with van der Waals surface area (Å²) >= 11 is 4.89. The van der Waals surface area contributed by atoms with Gasteiger partial charge in [-0.05, 0) is 18.6 Å². The van der Waals surface area contributed by atoms with Crippen molar-refractivity contribution in [1.82, 2.24) is 4.98 Å². The minimum absolute atomic E-state index is 0.297. The fourth-order valence-corrected chi connectivity index (χ4v) is 1.38. The minimum atomic E-state index is -0.308. The Morgan fingerprint density at radius 2 is 2.25 bits per heavy atom. The summed E-state index contributed by atoms with van der Waals surface area (Å²) in [6.07, 6.45) is 2.66. The third-order valence-corrected chi connectivity index (χ3v) is 2.19. The van der Waals surface area contributed by atoms with Crippen molar-refractivity contribution < 1.29 is 4.79 Å². The number of nitrogens with zero attached hydrogens (tertiary/aromatic N) is 1. The molecule has 86 valence electrons. The lowest BCUT2D eigenvalue weighted by molar-refractivity contribution is -0.118. The molecule has 0 unspecified atom stereocenters. The zero-order chi connectivity index (χ0) is 12.0. The number of hydrogen-bond acceptors (Lipinski definition) is 4. The molecular weight excluding hydrogens is 224 g/mol. The average molecular weight is 238 g/mol. The number of thiocarbonyl (C=S) groups is 1. The Hall–Kier alpha value is -1.69. The maximum absolute atomic E-state index is 10.5. The lowest BCUT2D eigenvalue weighted by Crippen LogP contribution is -2.16. The number of rotatable bonds is 6. The molecule has 0 saturated carbocycles. The topological polar surface area (TPSA) is 94.0 Å². The molecule has 0 aromatic carbocycles. The van der Waals surface area contributed by atoms with Crippen LogP contribution in [0.3, 0.4) is 0 Å². The second-order valence-corrected chi connectivity index (χ2v) is 3.70. The van der Waals surface area contributed by atoms with Crippen LogP contribution in [-0.4, -0.2) is 22.4 Å². The van der Waals surface area contributed by atoms with E-state index in [2.05, 4.69) is 10.3 Å². The summed E-state index contributed by atoms with van der Waals surface area (Å²) < 4.78 is 0. The third-order valence-electron chi connectivity index (χ3n) is 1.97. The SMILES string of the molecule is NC(=O)CCCNc1ncccc1C(N)=S. The molecule has 1 aromatic heterocycles. The number of amides is 1. The molecule has 0 fully saturated rings. The smallest absolute Gasteiger partial charge is 0.217 e. The van der Waals surface area contributed by atoms with Crippen molar-refractivity contribution in [2.45, 2.75) is 12.8 Å². The van der Waals surface area contributed by atoms with Crippen LogP contribution in [0.1, 0.15) is 18.4 Å². The predicted molar refractivity (Wildman–Crippen MR) is 67.0 cm³/mol. The lowest BCUT2D eigenvalue weighted by Gasteiger charge is -2.08. The van der Waals surface area contributed by atoms with E-state index in [1.165, 1.54) is 0 Å². The van der Waals surface area contributed by atoms with Crippen molar-refractivity contribution in [3.05, 3.63) is 23.9 Å². The van der Waals surface area contributed by atoms with Gasteiger partial charge in [0.25, 0.3) is 0 Å². The van der Waals surface area contributed by atoms with Gasteiger partial charge in [-0.25, -0.2) is 4.98 Å². The van der Waals surface area contributed by atoms with E-state index in [4.69, 9.17) is 23.7 Å². The molecule has 0 spiro atoms. The number of nitrogens with two attached hydrogens (primary N) is 2. The molecule has 1 rings (SSSR count). The van der Waals surface area contributed by atoms with E-state index in [0.717, 1.165) is 0 Å². The highest BCUT2D eigenvalue weighted by atomic mass is 32.1. The van der Waals surface area contributed by atoms with Crippen LogP contribution in [-0.2, 0) is 4.79 Å². The molecule has 5 N–H and O–H groups in total. The Bertz CT molecular complexity index is 394. The maximum atomic E-state index is 10.5. The van der Waals surface area contributed by atoms with E-state index in [-0.39, 0.29) is 5.91 Å². The molecule has 1 amide bonds. The van der Waals surface area contributed by atoms with Gasteiger partial charge in [-0.15, -0.1) is 0 Å². The molecule has 0 atom stereocenters. The van der Waals surface area contributed by atoms with Crippen LogP contribution >= 0.6 is 12.2 Å². The summed E-state index contributed by atoms with van der Waals surface area (Å²) in [7, 11) is 0. The van der Waals surface area contributed by atoms with Crippen LogP contribution in [0.15, 0.2) is 18.3 Å². The number of anilines is 1. The molecular formula is C10H14N4OS. The summed E-state index contributed by atoms with van der Waals surface area (Å²) in [5, 5.41) is 3.06. The van der Waals surface area contributed by atoms with Gasteiger partial charge in [-0.3, -0.25) is 4.79 Å². The van der Waals surface area contributed by atoms with Crippen LogP contribution in [0.5, 0.6) is 0 Å². The number of nitrogens with one attached hydrogen (secondary N) is 1. The largest absolute Gasteiger partial charge is 0.389 e. The van der Waals surface area contributed by atoms with Gasteiger partial charge in [0.1, 0.15) is 10.8 Å².